The molecule has 92 valence electrons. The van der Waals surface area contributed by atoms with Gasteiger partial charge in [-0.15, -0.1) is 0 Å². The summed E-state index contributed by atoms with van der Waals surface area (Å²) in [5.41, 5.74) is 0. The van der Waals surface area contributed by atoms with E-state index in [9.17, 15) is 9.59 Å². The molecule has 0 aromatic rings. The van der Waals surface area contributed by atoms with Crippen molar-refractivity contribution in [2.75, 3.05) is 26.2 Å². The van der Waals surface area contributed by atoms with Crippen molar-refractivity contribution in [2.24, 2.45) is 0 Å². The standard InChI is InChI=1S/C11H20N2O3/c1-9(14)12-5-6-13(10(2)15)8-11-4-3-7-16-11/h11H,3-8H2,1-2H3,(H,12,14). The first kappa shape index (κ1) is 13.0. The highest BCUT2D eigenvalue weighted by Crippen LogP contribution is 2.13. The van der Waals surface area contributed by atoms with Crippen LogP contribution in [0.3, 0.4) is 0 Å². The van der Waals surface area contributed by atoms with Gasteiger partial charge in [-0.1, -0.05) is 0 Å². The minimum absolute atomic E-state index is 0.0286. The number of hydrogen-bond acceptors (Lipinski definition) is 3. The van der Waals surface area contributed by atoms with E-state index < -0.39 is 0 Å². The molecule has 0 aromatic heterocycles. The Morgan fingerprint density at radius 3 is 2.69 bits per heavy atom. The number of carbonyl (C=O) groups is 2. The minimum Gasteiger partial charge on any atom is -0.376 e. The van der Waals surface area contributed by atoms with Crippen molar-refractivity contribution in [3.05, 3.63) is 0 Å². The molecule has 0 bridgehead atoms. The highest BCUT2D eigenvalue weighted by Gasteiger charge is 2.20. The second-order valence-electron chi connectivity index (χ2n) is 4.08. The van der Waals surface area contributed by atoms with E-state index in [1.165, 1.54) is 6.92 Å². The van der Waals surface area contributed by atoms with Gasteiger partial charge < -0.3 is 15.0 Å². The average Bonchev–Trinajstić information content (AvgIpc) is 2.68. The quantitative estimate of drug-likeness (QED) is 0.728. The summed E-state index contributed by atoms with van der Waals surface area (Å²) in [5, 5.41) is 2.68. The molecule has 2 amide bonds. The first-order valence-corrected chi connectivity index (χ1v) is 5.71. The van der Waals surface area contributed by atoms with Crippen LogP contribution >= 0.6 is 0 Å². The Morgan fingerprint density at radius 1 is 1.44 bits per heavy atom. The molecule has 1 N–H and O–H groups in total. The Kier molecular flexibility index (Phi) is 5.25. The van der Waals surface area contributed by atoms with Gasteiger partial charge in [0.1, 0.15) is 0 Å². The Labute approximate surface area is 96.1 Å². The summed E-state index contributed by atoms with van der Waals surface area (Å²) >= 11 is 0. The van der Waals surface area contributed by atoms with Crippen molar-refractivity contribution in [3.8, 4) is 0 Å². The molecule has 1 fully saturated rings. The fourth-order valence-electron chi connectivity index (χ4n) is 1.78. The van der Waals surface area contributed by atoms with Crippen LogP contribution in [0, 0.1) is 0 Å². The van der Waals surface area contributed by atoms with Crippen LogP contribution in [0.4, 0.5) is 0 Å². The predicted octanol–water partition coefficient (Wildman–Crippen LogP) is 0.150. The maximum atomic E-state index is 11.4. The van der Waals surface area contributed by atoms with E-state index in [0.717, 1.165) is 19.4 Å². The molecule has 1 unspecified atom stereocenters. The van der Waals surface area contributed by atoms with Crippen molar-refractivity contribution in [1.82, 2.24) is 10.2 Å². The van der Waals surface area contributed by atoms with Crippen LogP contribution in [0.25, 0.3) is 0 Å². The molecule has 1 heterocycles. The molecule has 1 aliphatic rings. The molecule has 0 spiro atoms. The largest absolute Gasteiger partial charge is 0.376 e. The zero-order valence-corrected chi connectivity index (χ0v) is 9.99. The molecule has 1 aliphatic heterocycles. The number of amides is 2. The normalized spacial score (nSPS) is 19.5. The van der Waals surface area contributed by atoms with Gasteiger partial charge in [0.15, 0.2) is 0 Å². The number of nitrogens with one attached hydrogen (secondary N) is 1. The lowest BCUT2D eigenvalue weighted by atomic mass is 10.2. The van der Waals surface area contributed by atoms with Gasteiger partial charge in [-0.3, -0.25) is 9.59 Å². The van der Waals surface area contributed by atoms with Crippen LogP contribution in [-0.2, 0) is 14.3 Å². The van der Waals surface area contributed by atoms with E-state index in [2.05, 4.69) is 5.32 Å². The van der Waals surface area contributed by atoms with Gasteiger partial charge in [0, 0.05) is 40.1 Å². The SMILES string of the molecule is CC(=O)NCCN(CC1CCCO1)C(C)=O. The van der Waals surface area contributed by atoms with E-state index in [1.807, 2.05) is 0 Å². The molecule has 5 heteroatoms. The highest BCUT2D eigenvalue weighted by molar-refractivity contribution is 5.74. The van der Waals surface area contributed by atoms with Crippen molar-refractivity contribution >= 4 is 11.8 Å². The smallest absolute Gasteiger partial charge is 0.219 e. The second-order valence-corrected chi connectivity index (χ2v) is 4.08. The monoisotopic (exact) mass is 228 g/mol. The summed E-state index contributed by atoms with van der Waals surface area (Å²) in [6.45, 7) is 5.49. The lowest BCUT2D eigenvalue weighted by molar-refractivity contribution is -0.130. The van der Waals surface area contributed by atoms with E-state index in [-0.39, 0.29) is 17.9 Å². The summed E-state index contributed by atoms with van der Waals surface area (Å²) in [4.78, 5) is 23.8. The summed E-state index contributed by atoms with van der Waals surface area (Å²) in [6, 6.07) is 0. The predicted molar refractivity (Wildman–Crippen MR) is 59.9 cm³/mol. The van der Waals surface area contributed by atoms with Gasteiger partial charge in [0.25, 0.3) is 0 Å². The molecule has 16 heavy (non-hydrogen) atoms. The van der Waals surface area contributed by atoms with Crippen molar-refractivity contribution in [2.45, 2.75) is 32.8 Å². The summed E-state index contributed by atoms with van der Waals surface area (Å²) in [7, 11) is 0. The lowest BCUT2D eigenvalue weighted by Crippen LogP contribution is -2.40. The molecular formula is C11H20N2O3. The highest BCUT2D eigenvalue weighted by atomic mass is 16.5. The molecule has 0 aliphatic carbocycles. The first-order valence-electron chi connectivity index (χ1n) is 5.71. The zero-order valence-electron chi connectivity index (χ0n) is 9.99. The number of rotatable bonds is 5. The molecule has 1 rings (SSSR count). The van der Waals surface area contributed by atoms with Gasteiger partial charge in [-0.25, -0.2) is 0 Å². The molecule has 1 saturated heterocycles. The van der Waals surface area contributed by atoms with Gasteiger partial charge in [0.2, 0.25) is 11.8 Å². The van der Waals surface area contributed by atoms with Gasteiger partial charge in [-0.2, -0.15) is 0 Å². The molecule has 0 aromatic carbocycles. The second kappa shape index (κ2) is 6.48. The fourth-order valence-corrected chi connectivity index (χ4v) is 1.78. The van der Waals surface area contributed by atoms with Crippen LogP contribution < -0.4 is 5.32 Å². The van der Waals surface area contributed by atoms with E-state index >= 15 is 0 Å². The molecule has 1 atom stereocenters. The van der Waals surface area contributed by atoms with Gasteiger partial charge >= 0.3 is 0 Å². The number of nitrogens with zero attached hydrogens (tertiary/aromatic N) is 1. The van der Waals surface area contributed by atoms with Crippen molar-refractivity contribution in [3.63, 3.8) is 0 Å². The first-order chi connectivity index (χ1) is 7.59. The number of carbonyl (C=O) groups excluding carboxylic acids is 2. The van der Waals surface area contributed by atoms with E-state index in [4.69, 9.17) is 4.74 Å². The summed E-state index contributed by atoms with van der Waals surface area (Å²) in [5.74, 6) is -0.0403. The Balaban J connectivity index is 2.29. The molecular weight excluding hydrogens is 208 g/mol. The van der Waals surface area contributed by atoms with Crippen LogP contribution in [-0.4, -0.2) is 49.1 Å². The number of ether oxygens (including phenoxy) is 1. The third-order valence-corrected chi connectivity index (χ3v) is 2.65. The Morgan fingerprint density at radius 2 is 2.19 bits per heavy atom. The van der Waals surface area contributed by atoms with E-state index in [1.54, 1.807) is 11.8 Å². The van der Waals surface area contributed by atoms with E-state index in [0.29, 0.717) is 19.6 Å². The lowest BCUT2D eigenvalue weighted by Gasteiger charge is -2.24. The average molecular weight is 228 g/mol. The van der Waals surface area contributed by atoms with Crippen LogP contribution in [0.1, 0.15) is 26.7 Å². The molecule has 5 nitrogen and oxygen atoms in total. The van der Waals surface area contributed by atoms with Crippen molar-refractivity contribution < 1.29 is 14.3 Å². The van der Waals surface area contributed by atoms with Crippen molar-refractivity contribution in [1.29, 1.82) is 0 Å². The van der Waals surface area contributed by atoms with Crippen LogP contribution in [0.5, 0.6) is 0 Å². The van der Waals surface area contributed by atoms with Crippen LogP contribution in [0.2, 0.25) is 0 Å². The Bertz CT molecular complexity index is 250. The molecule has 0 radical (unpaired) electrons. The zero-order chi connectivity index (χ0) is 12.0. The fraction of sp³-hybridized carbons (Fsp3) is 0.818. The summed E-state index contributed by atoms with van der Waals surface area (Å²) in [6.07, 6.45) is 2.26. The maximum absolute atomic E-state index is 11.4. The topological polar surface area (TPSA) is 58.6 Å². The third kappa shape index (κ3) is 4.61. The summed E-state index contributed by atoms with van der Waals surface area (Å²) < 4.78 is 5.48. The third-order valence-electron chi connectivity index (χ3n) is 2.65. The van der Waals surface area contributed by atoms with Gasteiger partial charge in [0.05, 0.1) is 6.10 Å². The maximum Gasteiger partial charge on any atom is 0.219 e. The number of hydrogen-bond donors (Lipinski definition) is 1. The minimum atomic E-state index is -0.0689. The van der Waals surface area contributed by atoms with Crippen LogP contribution in [0.15, 0.2) is 0 Å². The Hall–Kier alpha value is -1.10. The van der Waals surface area contributed by atoms with Gasteiger partial charge in [-0.05, 0) is 12.8 Å². The molecule has 0 saturated carbocycles.